The highest BCUT2D eigenvalue weighted by atomic mass is 32.2. The van der Waals surface area contributed by atoms with E-state index in [0.717, 1.165) is 5.56 Å². The fraction of sp³-hybridized carbons (Fsp3) is 0.417. The van der Waals surface area contributed by atoms with Crippen molar-refractivity contribution in [2.45, 2.75) is 19.6 Å². The summed E-state index contributed by atoms with van der Waals surface area (Å²) in [5.41, 5.74) is 0.917. The van der Waals surface area contributed by atoms with Gasteiger partial charge in [0.25, 0.3) is 0 Å². The normalized spacial score (nSPS) is 10.5. The third kappa shape index (κ3) is 5.47. The van der Waals surface area contributed by atoms with Gasteiger partial charge in [-0.05, 0) is 35.8 Å². The van der Waals surface area contributed by atoms with Crippen molar-refractivity contribution in [2.24, 2.45) is 5.92 Å². The van der Waals surface area contributed by atoms with Crippen molar-refractivity contribution in [2.75, 3.05) is 6.61 Å². The first-order valence-corrected chi connectivity index (χ1v) is 6.51. The van der Waals surface area contributed by atoms with Crippen LogP contribution in [0.25, 0.3) is 0 Å². The van der Waals surface area contributed by atoms with Crippen molar-refractivity contribution in [1.82, 2.24) is 0 Å². The van der Waals surface area contributed by atoms with E-state index in [0.29, 0.717) is 22.7 Å². The zero-order chi connectivity index (χ0) is 12.0. The fourth-order valence-electron chi connectivity index (χ4n) is 1.05. The minimum atomic E-state index is -0.216. The van der Waals surface area contributed by atoms with E-state index in [-0.39, 0.29) is 5.82 Å². The smallest absolute Gasteiger partial charge is 0.220 e. The van der Waals surface area contributed by atoms with Crippen molar-refractivity contribution >= 4 is 28.4 Å². The predicted molar refractivity (Wildman–Crippen MR) is 71.1 cm³/mol. The first-order chi connectivity index (χ1) is 7.58. The molecule has 0 saturated carbocycles. The lowest BCUT2D eigenvalue weighted by atomic mass is 10.2. The van der Waals surface area contributed by atoms with Crippen LogP contribution < -0.4 is 0 Å². The Hall–Kier alpha value is -0.610. The molecule has 0 fully saturated rings. The van der Waals surface area contributed by atoms with Crippen LogP contribution in [-0.4, -0.2) is 11.0 Å². The van der Waals surface area contributed by atoms with Crippen LogP contribution in [0.2, 0.25) is 0 Å². The van der Waals surface area contributed by atoms with Gasteiger partial charge < -0.3 is 4.74 Å². The zero-order valence-corrected chi connectivity index (χ0v) is 11.0. The lowest BCUT2D eigenvalue weighted by molar-refractivity contribution is 0.273. The van der Waals surface area contributed by atoms with E-state index in [1.54, 1.807) is 6.07 Å². The Morgan fingerprint density at radius 2 is 2.25 bits per heavy atom. The first kappa shape index (κ1) is 13.5. The summed E-state index contributed by atoms with van der Waals surface area (Å²) in [6.45, 7) is 4.77. The molecule has 0 saturated heterocycles. The highest BCUT2D eigenvalue weighted by Crippen LogP contribution is 2.16. The molecule has 1 aromatic carbocycles. The maximum absolute atomic E-state index is 12.9. The Kier molecular flexibility index (Phi) is 5.77. The molecule has 1 nitrogen and oxygen atoms in total. The number of benzene rings is 1. The van der Waals surface area contributed by atoms with Crippen molar-refractivity contribution in [3.05, 3.63) is 35.6 Å². The Morgan fingerprint density at radius 3 is 2.88 bits per heavy atom. The monoisotopic (exact) mass is 258 g/mol. The van der Waals surface area contributed by atoms with E-state index in [2.05, 4.69) is 13.8 Å². The molecule has 1 aromatic rings. The van der Waals surface area contributed by atoms with Gasteiger partial charge in [-0.15, -0.1) is 0 Å². The highest BCUT2D eigenvalue weighted by Gasteiger charge is 2.02. The molecule has 88 valence electrons. The van der Waals surface area contributed by atoms with Gasteiger partial charge >= 0.3 is 0 Å². The van der Waals surface area contributed by atoms with Gasteiger partial charge in [-0.3, -0.25) is 0 Å². The Bertz CT molecular complexity index is 353. The zero-order valence-electron chi connectivity index (χ0n) is 9.40. The number of hydrogen-bond donors (Lipinski definition) is 0. The van der Waals surface area contributed by atoms with Crippen LogP contribution in [0.15, 0.2) is 24.3 Å². The Labute approximate surface area is 105 Å². The molecule has 4 heteroatoms. The number of thioether (sulfide) groups is 1. The minimum Gasteiger partial charge on any atom is -0.478 e. The van der Waals surface area contributed by atoms with Crippen LogP contribution in [-0.2, 0) is 10.5 Å². The number of halogens is 1. The molecule has 0 aliphatic rings. The molecule has 0 aliphatic carbocycles. The molecule has 1 rings (SSSR count). The summed E-state index contributed by atoms with van der Waals surface area (Å²) in [4.78, 5) is 0. The maximum Gasteiger partial charge on any atom is 0.220 e. The summed E-state index contributed by atoms with van der Waals surface area (Å²) in [5, 5.41) is 0. The van der Waals surface area contributed by atoms with E-state index >= 15 is 0 Å². The molecule has 0 amide bonds. The molecule has 0 aromatic heterocycles. The van der Waals surface area contributed by atoms with Gasteiger partial charge in [0.1, 0.15) is 5.82 Å². The van der Waals surface area contributed by atoms with E-state index in [9.17, 15) is 4.39 Å². The number of ether oxygens (including phenoxy) is 1. The average molecular weight is 258 g/mol. The van der Waals surface area contributed by atoms with E-state index in [1.807, 2.05) is 6.07 Å². The standard InChI is InChI=1S/C12H15FOS2/c1-9(2)7-14-12(15)16-8-10-4-3-5-11(13)6-10/h3-6,9H,7-8H2,1-2H3. The molecular formula is C12H15FOS2. The summed E-state index contributed by atoms with van der Waals surface area (Å²) >= 11 is 6.47. The molecule has 0 aliphatic heterocycles. The van der Waals surface area contributed by atoms with Crippen LogP contribution in [0.4, 0.5) is 4.39 Å². The summed E-state index contributed by atoms with van der Waals surface area (Å²) < 4.78 is 18.8. The number of rotatable bonds is 4. The van der Waals surface area contributed by atoms with Gasteiger partial charge in [0.15, 0.2) is 0 Å². The van der Waals surface area contributed by atoms with Gasteiger partial charge in [-0.1, -0.05) is 37.7 Å². The summed E-state index contributed by atoms with van der Waals surface area (Å²) in [6.07, 6.45) is 0. The molecule has 0 N–H and O–H groups in total. The second kappa shape index (κ2) is 6.86. The molecular weight excluding hydrogens is 243 g/mol. The van der Waals surface area contributed by atoms with Crippen molar-refractivity contribution in [3.8, 4) is 0 Å². The van der Waals surface area contributed by atoms with Crippen LogP contribution in [0, 0.1) is 11.7 Å². The van der Waals surface area contributed by atoms with E-state index in [4.69, 9.17) is 17.0 Å². The SMILES string of the molecule is CC(C)COC(=S)SCc1cccc(F)c1. The third-order valence-corrected chi connectivity index (χ3v) is 3.08. The van der Waals surface area contributed by atoms with Gasteiger partial charge in [0.2, 0.25) is 4.38 Å². The van der Waals surface area contributed by atoms with Gasteiger partial charge in [0, 0.05) is 5.75 Å². The Balaban J connectivity index is 2.31. The third-order valence-electron chi connectivity index (χ3n) is 1.78. The second-order valence-electron chi connectivity index (χ2n) is 3.87. The molecule has 0 atom stereocenters. The largest absolute Gasteiger partial charge is 0.478 e. The first-order valence-electron chi connectivity index (χ1n) is 5.12. The number of thiocarbonyl (C=S) groups is 1. The predicted octanol–water partition coefficient (Wildman–Crippen LogP) is 4.02. The molecule has 0 spiro atoms. The molecule has 0 unspecified atom stereocenters. The van der Waals surface area contributed by atoms with Crippen molar-refractivity contribution < 1.29 is 9.13 Å². The van der Waals surface area contributed by atoms with Crippen molar-refractivity contribution in [3.63, 3.8) is 0 Å². The number of hydrogen-bond acceptors (Lipinski definition) is 3. The van der Waals surface area contributed by atoms with E-state index < -0.39 is 0 Å². The highest BCUT2D eigenvalue weighted by molar-refractivity contribution is 8.22. The summed E-state index contributed by atoms with van der Waals surface area (Å²) in [6, 6.07) is 6.52. The minimum absolute atomic E-state index is 0.216. The summed E-state index contributed by atoms with van der Waals surface area (Å²) in [5.74, 6) is 0.897. The topological polar surface area (TPSA) is 9.23 Å². The van der Waals surface area contributed by atoms with Gasteiger partial charge in [-0.25, -0.2) is 4.39 Å². The fourth-order valence-corrected chi connectivity index (χ4v) is 1.91. The quantitative estimate of drug-likeness (QED) is 0.755. The van der Waals surface area contributed by atoms with Crippen LogP contribution >= 0.6 is 24.0 Å². The van der Waals surface area contributed by atoms with E-state index in [1.165, 1.54) is 23.9 Å². The molecule has 0 heterocycles. The van der Waals surface area contributed by atoms with Crippen LogP contribution in [0.1, 0.15) is 19.4 Å². The van der Waals surface area contributed by atoms with Crippen molar-refractivity contribution in [1.29, 1.82) is 0 Å². The second-order valence-corrected chi connectivity index (χ2v) is 5.45. The van der Waals surface area contributed by atoms with Crippen LogP contribution in [0.3, 0.4) is 0 Å². The van der Waals surface area contributed by atoms with Crippen LogP contribution in [0.5, 0.6) is 0 Å². The molecule has 0 radical (unpaired) electrons. The summed E-state index contributed by atoms with van der Waals surface area (Å²) in [7, 11) is 0. The molecule has 16 heavy (non-hydrogen) atoms. The van der Waals surface area contributed by atoms with Gasteiger partial charge in [-0.2, -0.15) is 0 Å². The average Bonchev–Trinajstić information content (AvgIpc) is 2.23. The maximum atomic E-state index is 12.9. The Morgan fingerprint density at radius 1 is 1.50 bits per heavy atom. The molecule has 0 bridgehead atoms. The van der Waals surface area contributed by atoms with Gasteiger partial charge in [0.05, 0.1) is 6.61 Å². The lowest BCUT2D eigenvalue weighted by Gasteiger charge is -2.08. The lowest BCUT2D eigenvalue weighted by Crippen LogP contribution is -2.05.